The number of pyridine rings is 1. The Morgan fingerprint density at radius 2 is 1.64 bits per heavy atom. The van der Waals surface area contributed by atoms with Crippen LogP contribution in [0.5, 0.6) is 5.75 Å². The predicted octanol–water partition coefficient (Wildman–Crippen LogP) is 4.99. The standard InChI is InChI=1S/C24H17NO3/c1-16-14-15-17-8-7-13-21(22(17)25-16)27-24(18-9-3-2-4-10-18)20-12-6-5-11-19(20)23(26)28-24/h2-15H,1H3/t24-/m0/s1. The fraction of sp³-hybridized carbons (Fsp3) is 0.0833. The molecular weight excluding hydrogens is 350 g/mol. The van der Waals surface area contributed by atoms with Gasteiger partial charge >= 0.3 is 11.8 Å². The smallest absolute Gasteiger partial charge is 0.342 e. The lowest BCUT2D eigenvalue weighted by Crippen LogP contribution is -2.35. The van der Waals surface area contributed by atoms with Crippen LogP contribution in [0.1, 0.15) is 27.2 Å². The number of aromatic nitrogens is 1. The van der Waals surface area contributed by atoms with Crippen molar-refractivity contribution in [3.8, 4) is 5.75 Å². The van der Waals surface area contributed by atoms with Gasteiger partial charge in [0.1, 0.15) is 5.52 Å². The molecule has 2 heterocycles. The largest absolute Gasteiger partial charge is 0.442 e. The first-order chi connectivity index (χ1) is 13.7. The highest BCUT2D eigenvalue weighted by molar-refractivity contribution is 5.95. The Labute approximate surface area is 162 Å². The number of esters is 1. The number of hydrogen-bond donors (Lipinski definition) is 0. The zero-order valence-corrected chi connectivity index (χ0v) is 15.3. The summed E-state index contributed by atoms with van der Waals surface area (Å²) in [6.45, 7) is 1.94. The summed E-state index contributed by atoms with van der Waals surface area (Å²) in [5.41, 5.74) is 3.57. The van der Waals surface area contributed by atoms with E-state index in [1.165, 1.54) is 0 Å². The Morgan fingerprint density at radius 3 is 2.50 bits per heavy atom. The van der Waals surface area contributed by atoms with E-state index < -0.39 is 11.8 Å². The molecule has 1 aliphatic rings. The van der Waals surface area contributed by atoms with Crippen LogP contribution in [0.4, 0.5) is 0 Å². The van der Waals surface area contributed by atoms with Gasteiger partial charge in [0.2, 0.25) is 0 Å². The van der Waals surface area contributed by atoms with E-state index in [0.717, 1.165) is 22.2 Å². The van der Waals surface area contributed by atoms with Crippen molar-refractivity contribution in [1.29, 1.82) is 0 Å². The third kappa shape index (κ3) is 2.46. The molecule has 28 heavy (non-hydrogen) atoms. The molecule has 0 saturated heterocycles. The van der Waals surface area contributed by atoms with E-state index in [1.807, 2.05) is 85.8 Å². The van der Waals surface area contributed by atoms with Crippen LogP contribution < -0.4 is 4.74 Å². The molecule has 0 spiro atoms. The maximum Gasteiger partial charge on any atom is 0.342 e. The van der Waals surface area contributed by atoms with E-state index in [2.05, 4.69) is 4.98 Å². The molecule has 4 heteroatoms. The highest BCUT2D eigenvalue weighted by atomic mass is 16.7. The van der Waals surface area contributed by atoms with E-state index in [1.54, 1.807) is 6.07 Å². The fourth-order valence-corrected chi connectivity index (χ4v) is 3.65. The number of benzene rings is 3. The number of aryl methyl sites for hydroxylation is 1. The van der Waals surface area contributed by atoms with Gasteiger partial charge in [-0.2, -0.15) is 0 Å². The lowest BCUT2D eigenvalue weighted by atomic mass is 9.95. The molecule has 4 aromatic rings. The van der Waals surface area contributed by atoms with E-state index in [0.29, 0.717) is 16.9 Å². The lowest BCUT2D eigenvalue weighted by Gasteiger charge is -2.30. The number of carbonyl (C=O) groups excluding carboxylic acids is 1. The normalized spacial score (nSPS) is 18.0. The molecule has 0 unspecified atom stereocenters. The summed E-state index contributed by atoms with van der Waals surface area (Å²) in [5, 5.41) is 0.962. The van der Waals surface area contributed by atoms with Gasteiger partial charge in [-0.05, 0) is 31.2 Å². The first-order valence-corrected chi connectivity index (χ1v) is 9.11. The molecule has 136 valence electrons. The summed E-state index contributed by atoms with van der Waals surface area (Å²) in [6.07, 6.45) is 0. The maximum absolute atomic E-state index is 12.6. The van der Waals surface area contributed by atoms with Gasteiger partial charge in [-0.25, -0.2) is 9.78 Å². The van der Waals surface area contributed by atoms with Crippen LogP contribution in [-0.4, -0.2) is 11.0 Å². The van der Waals surface area contributed by atoms with E-state index >= 15 is 0 Å². The molecule has 3 aromatic carbocycles. The Morgan fingerprint density at radius 1 is 0.857 bits per heavy atom. The fourth-order valence-electron chi connectivity index (χ4n) is 3.65. The van der Waals surface area contributed by atoms with Crippen molar-refractivity contribution in [3.63, 3.8) is 0 Å². The molecule has 4 nitrogen and oxygen atoms in total. The molecule has 0 saturated carbocycles. The number of hydrogen-bond acceptors (Lipinski definition) is 4. The lowest BCUT2D eigenvalue weighted by molar-refractivity contribution is -0.108. The minimum Gasteiger partial charge on any atom is -0.442 e. The van der Waals surface area contributed by atoms with Gasteiger partial charge in [-0.15, -0.1) is 0 Å². The Hall–Kier alpha value is -3.66. The molecule has 0 radical (unpaired) electrons. The average Bonchev–Trinajstić information content (AvgIpc) is 3.02. The van der Waals surface area contributed by atoms with Crippen LogP contribution in [0.15, 0.2) is 84.9 Å². The molecule has 0 bridgehead atoms. The predicted molar refractivity (Wildman–Crippen MR) is 106 cm³/mol. The number of para-hydroxylation sites is 1. The van der Waals surface area contributed by atoms with E-state index in [4.69, 9.17) is 9.47 Å². The molecule has 1 aliphatic heterocycles. The van der Waals surface area contributed by atoms with Crippen molar-refractivity contribution in [1.82, 2.24) is 4.98 Å². The van der Waals surface area contributed by atoms with Crippen molar-refractivity contribution in [2.24, 2.45) is 0 Å². The van der Waals surface area contributed by atoms with Crippen molar-refractivity contribution >= 4 is 16.9 Å². The van der Waals surface area contributed by atoms with Gasteiger partial charge in [0.05, 0.1) is 11.1 Å². The summed E-state index contributed by atoms with van der Waals surface area (Å²) >= 11 is 0. The Balaban J connectivity index is 1.75. The first-order valence-electron chi connectivity index (χ1n) is 9.11. The minimum atomic E-state index is -1.35. The Kier molecular flexibility index (Phi) is 3.66. The number of rotatable bonds is 3. The molecule has 0 aliphatic carbocycles. The average molecular weight is 367 g/mol. The van der Waals surface area contributed by atoms with Crippen molar-refractivity contribution < 1.29 is 14.3 Å². The highest BCUT2D eigenvalue weighted by Crippen LogP contribution is 2.44. The van der Waals surface area contributed by atoms with Crippen LogP contribution >= 0.6 is 0 Å². The summed E-state index contributed by atoms with van der Waals surface area (Å²) in [4.78, 5) is 17.3. The quantitative estimate of drug-likeness (QED) is 0.479. The van der Waals surface area contributed by atoms with Crippen molar-refractivity contribution in [2.45, 2.75) is 12.7 Å². The molecule has 0 amide bonds. The summed E-state index contributed by atoms with van der Waals surface area (Å²) in [7, 11) is 0. The summed E-state index contributed by atoms with van der Waals surface area (Å²) in [5.74, 6) is -1.19. The molecule has 1 aromatic heterocycles. The summed E-state index contributed by atoms with van der Waals surface area (Å²) in [6, 6.07) is 26.6. The van der Waals surface area contributed by atoms with Crippen molar-refractivity contribution in [3.05, 3.63) is 107 Å². The van der Waals surface area contributed by atoms with Crippen LogP contribution in [0.25, 0.3) is 10.9 Å². The Bertz CT molecular complexity index is 1200. The molecule has 5 rings (SSSR count). The third-order valence-electron chi connectivity index (χ3n) is 4.97. The van der Waals surface area contributed by atoms with Gasteiger partial charge in [0, 0.05) is 16.6 Å². The third-order valence-corrected chi connectivity index (χ3v) is 4.97. The van der Waals surface area contributed by atoms with Crippen molar-refractivity contribution in [2.75, 3.05) is 0 Å². The molecule has 1 atom stereocenters. The molecular formula is C24H17NO3. The van der Waals surface area contributed by atoms with Crippen LogP contribution in [0.3, 0.4) is 0 Å². The van der Waals surface area contributed by atoms with Gasteiger partial charge in [-0.1, -0.05) is 60.7 Å². The zero-order valence-electron chi connectivity index (χ0n) is 15.3. The second-order valence-electron chi connectivity index (χ2n) is 6.80. The number of fused-ring (bicyclic) bond motifs is 2. The van der Waals surface area contributed by atoms with Gasteiger partial charge in [0.25, 0.3) is 0 Å². The number of nitrogens with zero attached hydrogens (tertiary/aromatic N) is 1. The van der Waals surface area contributed by atoms with Crippen LogP contribution in [-0.2, 0) is 10.5 Å². The van der Waals surface area contributed by atoms with Gasteiger partial charge in [-0.3, -0.25) is 0 Å². The maximum atomic E-state index is 12.6. The monoisotopic (exact) mass is 367 g/mol. The second kappa shape index (κ2) is 6.20. The van der Waals surface area contributed by atoms with Crippen LogP contribution in [0, 0.1) is 6.92 Å². The molecule has 0 N–H and O–H groups in total. The molecule has 0 fully saturated rings. The number of cyclic esters (lactones) is 1. The first kappa shape index (κ1) is 16.5. The summed E-state index contributed by atoms with van der Waals surface area (Å²) < 4.78 is 12.4. The van der Waals surface area contributed by atoms with Gasteiger partial charge < -0.3 is 9.47 Å². The van der Waals surface area contributed by atoms with Gasteiger partial charge in [0.15, 0.2) is 5.75 Å². The number of ether oxygens (including phenoxy) is 2. The minimum absolute atomic E-state index is 0.399. The van der Waals surface area contributed by atoms with E-state index in [-0.39, 0.29) is 0 Å². The number of carbonyl (C=O) groups is 1. The topological polar surface area (TPSA) is 48.4 Å². The second-order valence-corrected chi connectivity index (χ2v) is 6.80. The zero-order chi connectivity index (χ0) is 19.1. The van der Waals surface area contributed by atoms with Crippen LogP contribution in [0.2, 0.25) is 0 Å². The van der Waals surface area contributed by atoms with E-state index in [9.17, 15) is 4.79 Å². The highest BCUT2D eigenvalue weighted by Gasteiger charge is 2.49. The SMILES string of the molecule is Cc1ccc2cccc(O[C@@]3(c4ccccc4)OC(=O)c4ccccc43)c2n1.